The van der Waals surface area contributed by atoms with Crippen molar-refractivity contribution in [3.63, 3.8) is 0 Å². The lowest BCUT2D eigenvalue weighted by Crippen LogP contribution is -2.12. The van der Waals surface area contributed by atoms with E-state index in [2.05, 4.69) is 4.74 Å². The van der Waals surface area contributed by atoms with Crippen LogP contribution in [0.1, 0.15) is 22.5 Å². The molecule has 0 saturated heterocycles. The van der Waals surface area contributed by atoms with Crippen LogP contribution >= 0.6 is 0 Å². The molecule has 0 amide bonds. The smallest absolute Gasteiger partial charge is 0.349 e. The topological polar surface area (TPSA) is 64.2 Å². The Morgan fingerprint density at radius 2 is 1.67 bits per heavy atom. The summed E-state index contributed by atoms with van der Waals surface area (Å²) in [5.41, 5.74) is 0.265. The number of aryl methyl sites for hydroxylation is 1. The van der Waals surface area contributed by atoms with E-state index in [0.717, 1.165) is 11.4 Å². The van der Waals surface area contributed by atoms with Crippen LogP contribution in [0.25, 0.3) is 6.08 Å². The number of benzene rings is 1. The van der Waals surface area contributed by atoms with Gasteiger partial charge in [0.25, 0.3) is 0 Å². The number of rotatable bonds is 7. The van der Waals surface area contributed by atoms with Crippen LogP contribution in [0.5, 0.6) is 0 Å². The molecule has 0 radical (unpaired) electrons. The number of hydrogen-bond donors (Lipinski definition) is 0. The summed E-state index contributed by atoms with van der Waals surface area (Å²) in [5, 5.41) is 9.23. The Labute approximate surface area is 168 Å². The molecule has 0 saturated carbocycles. The Bertz CT molecular complexity index is 1020. The van der Waals surface area contributed by atoms with Crippen molar-refractivity contribution in [2.75, 3.05) is 13.7 Å². The number of esters is 1. The van der Waals surface area contributed by atoms with E-state index in [1.807, 2.05) is 11.5 Å². The average molecular weight is 428 g/mol. The predicted octanol–water partition coefficient (Wildman–Crippen LogP) is 4.10. The van der Waals surface area contributed by atoms with E-state index in [4.69, 9.17) is 4.74 Å². The largest absolute Gasteiger partial charge is 0.456 e. The SMILES string of the molecule is COCCn1c(C)cc(/C=C(\C#N)C(=O)OCc2c(F)c(F)c(F)c(F)c2F)c1C. The molecular formula is C20H17F5N2O3. The zero-order valence-electron chi connectivity index (χ0n) is 16.3. The minimum absolute atomic E-state index is 0.439. The van der Waals surface area contributed by atoms with Gasteiger partial charge in [0, 0.05) is 25.0 Å². The molecule has 0 aliphatic carbocycles. The maximum atomic E-state index is 13.7. The third-order valence-electron chi connectivity index (χ3n) is 4.42. The minimum atomic E-state index is -2.32. The lowest BCUT2D eigenvalue weighted by Gasteiger charge is -2.09. The molecule has 1 heterocycles. The molecule has 1 aromatic heterocycles. The number of nitrogens with zero attached hydrogens (tertiary/aromatic N) is 2. The molecule has 2 aromatic rings. The van der Waals surface area contributed by atoms with Crippen LogP contribution in [0.2, 0.25) is 0 Å². The Hall–Kier alpha value is -3.19. The quantitative estimate of drug-likeness (QED) is 0.166. The van der Waals surface area contributed by atoms with Gasteiger partial charge in [-0.1, -0.05) is 0 Å². The second kappa shape index (κ2) is 9.54. The molecule has 2 rings (SSSR count). The number of halogens is 5. The highest BCUT2D eigenvalue weighted by Crippen LogP contribution is 2.24. The number of carbonyl (C=O) groups excluding carboxylic acids is 1. The second-order valence-corrected chi connectivity index (χ2v) is 6.27. The van der Waals surface area contributed by atoms with Crippen molar-refractivity contribution >= 4 is 12.0 Å². The fraction of sp³-hybridized carbons (Fsp3) is 0.300. The van der Waals surface area contributed by atoms with E-state index in [1.54, 1.807) is 26.2 Å². The van der Waals surface area contributed by atoms with Gasteiger partial charge in [-0.2, -0.15) is 5.26 Å². The third-order valence-corrected chi connectivity index (χ3v) is 4.42. The van der Waals surface area contributed by atoms with Crippen molar-refractivity contribution in [2.24, 2.45) is 0 Å². The average Bonchev–Trinajstić information content (AvgIpc) is 2.99. The summed E-state index contributed by atoms with van der Waals surface area (Å²) >= 11 is 0. The molecule has 5 nitrogen and oxygen atoms in total. The first-order valence-corrected chi connectivity index (χ1v) is 8.58. The lowest BCUT2D eigenvalue weighted by molar-refractivity contribution is -0.139. The predicted molar refractivity (Wildman–Crippen MR) is 95.4 cm³/mol. The molecule has 0 unspecified atom stereocenters. The Balaban J connectivity index is 2.26. The molecule has 160 valence electrons. The summed E-state index contributed by atoms with van der Waals surface area (Å²) in [6, 6.07) is 3.31. The molecular weight excluding hydrogens is 411 g/mol. The van der Waals surface area contributed by atoms with Gasteiger partial charge in [-0.3, -0.25) is 0 Å². The Morgan fingerprint density at radius 1 is 1.10 bits per heavy atom. The summed E-state index contributed by atoms with van der Waals surface area (Å²) in [6.07, 6.45) is 1.21. The van der Waals surface area contributed by atoms with Gasteiger partial charge in [0.15, 0.2) is 23.3 Å². The lowest BCUT2D eigenvalue weighted by atomic mass is 10.1. The highest BCUT2D eigenvalue weighted by molar-refractivity contribution is 5.98. The van der Waals surface area contributed by atoms with Crippen LogP contribution in [0.3, 0.4) is 0 Å². The second-order valence-electron chi connectivity index (χ2n) is 6.27. The molecule has 30 heavy (non-hydrogen) atoms. The summed E-state index contributed by atoms with van der Waals surface area (Å²) in [4.78, 5) is 12.1. The van der Waals surface area contributed by atoms with Gasteiger partial charge in [-0.25, -0.2) is 26.7 Å². The number of carbonyl (C=O) groups is 1. The number of aromatic nitrogens is 1. The fourth-order valence-electron chi connectivity index (χ4n) is 2.79. The van der Waals surface area contributed by atoms with Gasteiger partial charge in [-0.05, 0) is 31.6 Å². The highest BCUT2D eigenvalue weighted by Gasteiger charge is 2.26. The summed E-state index contributed by atoms with van der Waals surface area (Å²) < 4.78 is 78.4. The Morgan fingerprint density at radius 3 is 2.20 bits per heavy atom. The van der Waals surface area contributed by atoms with E-state index in [0.29, 0.717) is 18.7 Å². The van der Waals surface area contributed by atoms with Gasteiger partial charge < -0.3 is 14.0 Å². The summed E-state index contributed by atoms with van der Waals surface area (Å²) in [6.45, 7) is 3.30. The highest BCUT2D eigenvalue weighted by atomic mass is 19.2. The van der Waals surface area contributed by atoms with Crippen molar-refractivity contribution in [1.82, 2.24) is 4.57 Å². The number of ether oxygens (including phenoxy) is 2. The van der Waals surface area contributed by atoms with Crippen molar-refractivity contribution in [3.05, 3.63) is 63.2 Å². The maximum absolute atomic E-state index is 13.7. The van der Waals surface area contributed by atoms with E-state index in [-0.39, 0.29) is 0 Å². The fourth-order valence-corrected chi connectivity index (χ4v) is 2.79. The molecule has 0 bridgehead atoms. The molecule has 0 spiro atoms. The maximum Gasteiger partial charge on any atom is 0.349 e. The zero-order valence-corrected chi connectivity index (χ0v) is 16.3. The molecule has 0 N–H and O–H groups in total. The van der Waals surface area contributed by atoms with Gasteiger partial charge >= 0.3 is 5.97 Å². The number of methoxy groups -OCH3 is 1. The van der Waals surface area contributed by atoms with Crippen molar-refractivity contribution < 1.29 is 36.2 Å². The molecule has 0 aliphatic rings. The first-order valence-electron chi connectivity index (χ1n) is 8.58. The van der Waals surface area contributed by atoms with Crippen molar-refractivity contribution in [1.29, 1.82) is 5.26 Å². The van der Waals surface area contributed by atoms with Crippen LogP contribution in [0.4, 0.5) is 22.0 Å². The standard InChI is InChI=1S/C20H17F5N2O3/c1-10-6-12(11(2)27(10)4-5-29-3)7-13(8-26)20(28)30-9-14-15(21)17(23)19(25)18(24)16(14)22/h6-7H,4-5,9H2,1-3H3/b13-7+. The monoisotopic (exact) mass is 428 g/mol. The number of hydrogen-bond acceptors (Lipinski definition) is 4. The summed E-state index contributed by atoms with van der Waals surface area (Å²) in [5.74, 6) is -12.1. The number of nitriles is 1. The van der Waals surface area contributed by atoms with Crippen molar-refractivity contribution in [3.8, 4) is 6.07 Å². The normalized spacial score (nSPS) is 11.5. The van der Waals surface area contributed by atoms with Gasteiger partial charge in [-0.15, -0.1) is 0 Å². The van der Waals surface area contributed by atoms with E-state index in [1.165, 1.54) is 6.08 Å². The van der Waals surface area contributed by atoms with Gasteiger partial charge in [0.2, 0.25) is 5.82 Å². The first-order chi connectivity index (χ1) is 14.1. The van der Waals surface area contributed by atoms with E-state index >= 15 is 0 Å². The zero-order chi connectivity index (χ0) is 22.6. The van der Waals surface area contributed by atoms with E-state index < -0.39 is 52.8 Å². The first kappa shape index (κ1) is 23.1. The third kappa shape index (κ3) is 4.52. The van der Waals surface area contributed by atoms with Crippen LogP contribution in [-0.2, 0) is 27.4 Å². The van der Waals surface area contributed by atoms with Crippen LogP contribution in [0, 0.1) is 54.3 Å². The minimum Gasteiger partial charge on any atom is -0.456 e. The Kier molecular flexibility index (Phi) is 7.34. The molecule has 0 aliphatic heterocycles. The van der Waals surface area contributed by atoms with Crippen molar-refractivity contribution in [2.45, 2.75) is 27.0 Å². The van der Waals surface area contributed by atoms with E-state index in [9.17, 15) is 32.0 Å². The molecule has 0 fully saturated rings. The van der Waals surface area contributed by atoms with Crippen LogP contribution < -0.4 is 0 Å². The van der Waals surface area contributed by atoms with Gasteiger partial charge in [0.05, 0.1) is 12.2 Å². The summed E-state index contributed by atoms with van der Waals surface area (Å²) in [7, 11) is 1.54. The van der Waals surface area contributed by atoms with Gasteiger partial charge in [0.1, 0.15) is 18.2 Å². The van der Waals surface area contributed by atoms with Crippen LogP contribution in [-0.4, -0.2) is 24.3 Å². The molecule has 10 heteroatoms. The molecule has 0 atom stereocenters. The molecule has 1 aromatic carbocycles. The van der Waals surface area contributed by atoms with Crippen LogP contribution in [0.15, 0.2) is 11.6 Å².